The number of carbonyl (C=O) groups is 1. The first-order valence-corrected chi connectivity index (χ1v) is 8.88. The Hall–Kier alpha value is -1.02. The number of carbonyl (C=O) groups excluding carboxylic acids is 1. The lowest BCUT2D eigenvalue weighted by Gasteiger charge is -2.30. The highest BCUT2D eigenvalue weighted by atomic mass is 32.1. The number of nitrogens with zero attached hydrogens (tertiary/aromatic N) is 2. The Bertz CT molecular complexity index is 501. The van der Waals surface area contributed by atoms with Gasteiger partial charge in [0.15, 0.2) is 5.13 Å². The van der Waals surface area contributed by atoms with Gasteiger partial charge in [0, 0.05) is 31.6 Å². The van der Waals surface area contributed by atoms with Crippen LogP contribution in [-0.2, 0) is 16.1 Å². The van der Waals surface area contributed by atoms with E-state index in [4.69, 9.17) is 4.74 Å². The number of ether oxygens (including phenoxy) is 1. The van der Waals surface area contributed by atoms with Gasteiger partial charge in [0.1, 0.15) is 6.10 Å². The molecule has 6 nitrogen and oxygen atoms in total. The number of thiazole rings is 1. The molecule has 2 atom stereocenters. The van der Waals surface area contributed by atoms with Gasteiger partial charge in [0.05, 0.1) is 12.3 Å². The molecule has 1 aromatic rings. The van der Waals surface area contributed by atoms with E-state index in [2.05, 4.69) is 27.4 Å². The van der Waals surface area contributed by atoms with Crippen LogP contribution in [0, 0.1) is 5.92 Å². The van der Waals surface area contributed by atoms with Gasteiger partial charge in [-0.05, 0) is 25.3 Å². The molecule has 2 saturated heterocycles. The summed E-state index contributed by atoms with van der Waals surface area (Å²) in [6, 6.07) is 0. The van der Waals surface area contributed by atoms with Crippen LogP contribution in [-0.4, -0.2) is 54.7 Å². The largest absolute Gasteiger partial charge is 0.366 e. The van der Waals surface area contributed by atoms with E-state index >= 15 is 0 Å². The lowest BCUT2D eigenvalue weighted by molar-refractivity contribution is -0.128. The Labute approximate surface area is 135 Å². The molecule has 122 valence electrons. The number of anilines is 1. The van der Waals surface area contributed by atoms with Gasteiger partial charge in [-0.3, -0.25) is 15.0 Å². The fraction of sp³-hybridized carbons (Fsp3) is 0.733. The van der Waals surface area contributed by atoms with Crippen molar-refractivity contribution < 1.29 is 9.53 Å². The smallest absolute Gasteiger partial charge is 0.256 e. The van der Waals surface area contributed by atoms with Crippen molar-refractivity contribution in [1.29, 1.82) is 0 Å². The molecule has 0 saturated carbocycles. The number of nitrogens with one attached hydrogen (secondary N) is 2. The summed E-state index contributed by atoms with van der Waals surface area (Å²) in [7, 11) is 0. The normalized spacial score (nSPS) is 26.8. The quantitative estimate of drug-likeness (QED) is 0.874. The minimum absolute atomic E-state index is 0.111. The van der Waals surface area contributed by atoms with Crippen LogP contribution in [0.5, 0.6) is 0 Å². The van der Waals surface area contributed by atoms with E-state index in [1.54, 1.807) is 0 Å². The van der Waals surface area contributed by atoms with E-state index in [-0.39, 0.29) is 5.91 Å². The van der Waals surface area contributed by atoms with E-state index in [1.165, 1.54) is 24.2 Å². The highest BCUT2D eigenvalue weighted by Gasteiger charge is 2.23. The number of rotatable bonds is 4. The summed E-state index contributed by atoms with van der Waals surface area (Å²) in [4.78, 5) is 19.1. The number of hydrogen-bond acceptors (Lipinski definition) is 6. The van der Waals surface area contributed by atoms with E-state index in [9.17, 15) is 4.79 Å². The average Bonchev–Trinajstić information content (AvgIpc) is 2.95. The first kappa shape index (κ1) is 15.9. The molecule has 1 unspecified atom stereocenters. The van der Waals surface area contributed by atoms with Crippen LogP contribution in [0.25, 0.3) is 0 Å². The summed E-state index contributed by atoms with van der Waals surface area (Å²) in [6.45, 7) is 7.41. The Balaban J connectivity index is 1.51. The fourth-order valence-electron chi connectivity index (χ4n) is 3.02. The van der Waals surface area contributed by atoms with Crippen LogP contribution < -0.4 is 10.6 Å². The van der Waals surface area contributed by atoms with Crippen molar-refractivity contribution in [2.75, 3.05) is 38.1 Å². The molecule has 22 heavy (non-hydrogen) atoms. The summed E-state index contributed by atoms with van der Waals surface area (Å²) in [5.41, 5.74) is 1.04. The molecule has 2 aliphatic rings. The monoisotopic (exact) mass is 324 g/mol. The Kier molecular flexibility index (Phi) is 5.41. The van der Waals surface area contributed by atoms with Crippen molar-refractivity contribution in [2.24, 2.45) is 5.92 Å². The molecule has 0 aliphatic carbocycles. The molecule has 7 heteroatoms. The number of aromatic nitrogens is 1. The molecule has 3 rings (SSSR count). The highest BCUT2D eigenvalue weighted by molar-refractivity contribution is 7.13. The van der Waals surface area contributed by atoms with Crippen LogP contribution in [0.3, 0.4) is 0 Å². The standard InChI is InChI=1S/C15H24N4O2S/c1-11-3-2-5-19(8-11)9-12-10-22-15(17-12)18-14(20)13-7-16-4-6-21-13/h10-11,13,16H,2-9H2,1H3,(H,17,18,20)/t11?,13-/m1/s1. The SMILES string of the molecule is CC1CCCN(Cc2csc(NC(=O)[C@H]3CNCCO3)n2)C1. The van der Waals surface area contributed by atoms with Crippen molar-refractivity contribution in [3.63, 3.8) is 0 Å². The van der Waals surface area contributed by atoms with Crippen LogP contribution >= 0.6 is 11.3 Å². The zero-order chi connectivity index (χ0) is 15.4. The first-order valence-electron chi connectivity index (χ1n) is 8.00. The maximum atomic E-state index is 12.1. The maximum absolute atomic E-state index is 12.1. The number of hydrogen-bond donors (Lipinski definition) is 2. The van der Waals surface area contributed by atoms with Crippen LogP contribution in [0.15, 0.2) is 5.38 Å². The third-order valence-electron chi connectivity index (χ3n) is 4.13. The van der Waals surface area contributed by atoms with Gasteiger partial charge in [-0.25, -0.2) is 4.98 Å². The summed E-state index contributed by atoms with van der Waals surface area (Å²) in [6.07, 6.45) is 2.18. The molecule has 2 N–H and O–H groups in total. The zero-order valence-electron chi connectivity index (χ0n) is 13.0. The molecule has 1 amide bonds. The second-order valence-corrected chi connectivity index (χ2v) is 7.04. The molecule has 0 bridgehead atoms. The highest BCUT2D eigenvalue weighted by Crippen LogP contribution is 2.21. The zero-order valence-corrected chi connectivity index (χ0v) is 13.8. The summed E-state index contributed by atoms with van der Waals surface area (Å²) in [5, 5.41) is 8.72. The van der Waals surface area contributed by atoms with Crippen LogP contribution in [0.4, 0.5) is 5.13 Å². The fourth-order valence-corrected chi connectivity index (χ4v) is 3.72. The third kappa shape index (κ3) is 4.25. The molecule has 1 aromatic heterocycles. The van der Waals surface area contributed by atoms with E-state index in [1.807, 2.05) is 5.38 Å². The molecular weight excluding hydrogens is 300 g/mol. The van der Waals surface area contributed by atoms with E-state index < -0.39 is 6.10 Å². The van der Waals surface area contributed by atoms with Crippen LogP contribution in [0.1, 0.15) is 25.5 Å². The predicted molar refractivity (Wildman–Crippen MR) is 87.0 cm³/mol. The molecule has 0 aromatic carbocycles. The van der Waals surface area contributed by atoms with E-state index in [0.717, 1.165) is 37.8 Å². The number of likely N-dealkylation sites (tertiary alicyclic amines) is 1. The van der Waals surface area contributed by atoms with Gasteiger partial charge in [0.2, 0.25) is 0 Å². The van der Waals surface area contributed by atoms with Crippen molar-refractivity contribution >= 4 is 22.4 Å². The molecule has 0 spiro atoms. The molecule has 2 fully saturated rings. The van der Waals surface area contributed by atoms with E-state index in [0.29, 0.717) is 18.3 Å². The second kappa shape index (κ2) is 7.50. The minimum Gasteiger partial charge on any atom is -0.366 e. The van der Waals surface area contributed by atoms with Gasteiger partial charge < -0.3 is 10.1 Å². The molecule has 0 radical (unpaired) electrons. The Morgan fingerprint density at radius 3 is 3.32 bits per heavy atom. The van der Waals surface area contributed by atoms with Crippen molar-refractivity contribution in [3.05, 3.63) is 11.1 Å². The van der Waals surface area contributed by atoms with Gasteiger partial charge in [-0.2, -0.15) is 0 Å². The number of piperidine rings is 1. The van der Waals surface area contributed by atoms with Gasteiger partial charge in [-0.1, -0.05) is 6.92 Å². The van der Waals surface area contributed by atoms with Crippen molar-refractivity contribution in [3.8, 4) is 0 Å². The van der Waals surface area contributed by atoms with Crippen molar-refractivity contribution in [1.82, 2.24) is 15.2 Å². The summed E-state index contributed by atoms with van der Waals surface area (Å²) in [5.74, 6) is 0.655. The Morgan fingerprint density at radius 1 is 1.64 bits per heavy atom. The topological polar surface area (TPSA) is 66.5 Å². The molecule has 2 aliphatic heterocycles. The predicted octanol–water partition coefficient (Wildman–Crippen LogP) is 1.30. The van der Waals surface area contributed by atoms with Crippen LogP contribution in [0.2, 0.25) is 0 Å². The third-order valence-corrected chi connectivity index (χ3v) is 4.94. The first-order chi connectivity index (χ1) is 10.7. The summed E-state index contributed by atoms with van der Waals surface area (Å²) >= 11 is 1.49. The van der Waals surface area contributed by atoms with Gasteiger partial charge >= 0.3 is 0 Å². The van der Waals surface area contributed by atoms with Crippen molar-refractivity contribution in [2.45, 2.75) is 32.4 Å². The molecular formula is C15H24N4O2S. The van der Waals surface area contributed by atoms with Gasteiger partial charge in [-0.15, -0.1) is 11.3 Å². The average molecular weight is 324 g/mol. The van der Waals surface area contributed by atoms with Gasteiger partial charge in [0.25, 0.3) is 5.91 Å². The minimum atomic E-state index is -0.413. The molecule has 3 heterocycles. The maximum Gasteiger partial charge on any atom is 0.256 e. The number of amides is 1. The number of morpholine rings is 1. The summed E-state index contributed by atoms with van der Waals surface area (Å²) < 4.78 is 5.45. The Morgan fingerprint density at radius 2 is 2.55 bits per heavy atom. The second-order valence-electron chi connectivity index (χ2n) is 6.18. The lowest BCUT2D eigenvalue weighted by atomic mass is 10.0. The lowest BCUT2D eigenvalue weighted by Crippen LogP contribution is -2.45.